The number of rotatable bonds is 8. The summed E-state index contributed by atoms with van der Waals surface area (Å²) in [5.41, 5.74) is 6.68. The van der Waals surface area contributed by atoms with Crippen molar-refractivity contribution in [2.24, 2.45) is 5.73 Å². The molecule has 0 bridgehead atoms. The lowest BCUT2D eigenvalue weighted by Gasteiger charge is -2.11. The smallest absolute Gasteiger partial charge is 0.122 e. The molecule has 0 aromatic heterocycles. The topological polar surface area (TPSA) is 35.2 Å². The Morgan fingerprint density at radius 1 is 1.24 bits per heavy atom. The Bertz CT molecular complexity index is 328. The maximum Gasteiger partial charge on any atom is 0.122 e. The molecular formula is C14H22ClNO. The van der Waals surface area contributed by atoms with Crippen LogP contribution in [0.2, 0.25) is 5.02 Å². The normalized spacial score (nSPS) is 10.5. The van der Waals surface area contributed by atoms with Crippen LogP contribution in [-0.2, 0) is 6.42 Å². The van der Waals surface area contributed by atoms with Gasteiger partial charge < -0.3 is 10.5 Å². The fraction of sp³-hybridized carbons (Fsp3) is 0.571. The molecule has 2 N–H and O–H groups in total. The monoisotopic (exact) mass is 255 g/mol. The van der Waals surface area contributed by atoms with Gasteiger partial charge in [0.1, 0.15) is 5.75 Å². The van der Waals surface area contributed by atoms with Gasteiger partial charge in [0.05, 0.1) is 6.61 Å². The fourth-order valence-electron chi connectivity index (χ4n) is 1.75. The van der Waals surface area contributed by atoms with Crippen molar-refractivity contribution in [3.63, 3.8) is 0 Å². The standard InChI is InChI=1S/C14H22ClNO/c1-2-3-4-5-10-17-14-7-6-13(15)11-12(14)8-9-16/h6-7,11H,2-5,8-10,16H2,1H3. The van der Waals surface area contributed by atoms with Crippen LogP contribution in [0, 0.1) is 0 Å². The third-order valence-electron chi connectivity index (χ3n) is 2.69. The summed E-state index contributed by atoms with van der Waals surface area (Å²) in [5, 5.41) is 0.742. The van der Waals surface area contributed by atoms with Gasteiger partial charge in [-0.3, -0.25) is 0 Å². The molecule has 17 heavy (non-hydrogen) atoms. The molecule has 0 aliphatic heterocycles. The average molecular weight is 256 g/mol. The second-order valence-electron chi connectivity index (χ2n) is 4.20. The first-order chi connectivity index (χ1) is 8.27. The van der Waals surface area contributed by atoms with Gasteiger partial charge in [0.2, 0.25) is 0 Å². The number of nitrogens with two attached hydrogens (primary N) is 1. The lowest BCUT2D eigenvalue weighted by Crippen LogP contribution is -2.06. The molecule has 96 valence electrons. The average Bonchev–Trinajstić information content (AvgIpc) is 2.32. The largest absolute Gasteiger partial charge is 0.493 e. The first-order valence-electron chi connectivity index (χ1n) is 6.39. The van der Waals surface area contributed by atoms with Crippen LogP contribution in [0.25, 0.3) is 0 Å². The van der Waals surface area contributed by atoms with Gasteiger partial charge in [-0.1, -0.05) is 37.8 Å². The predicted molar refractivity (Wildman–Crippen MR) is 73.8 cm³/mol. The maximum atomic E-state index is 5.96. The van der Waals surface area contributed by atoms with Crippen LogP contribution in [0.4, 0.5) is 0 Å². The van der Waals surface area contributed by atoms with E-state index in [9.17, 15) is 0 Å². The van der Waals surface area contributed by atoms with E-state index in [-0.39, 0.29) is 0 Å². The fourth-order valence-corrected chi connectivity index (χ4v) is 1.95. The zero-order valence-electron chi connectivity index (χ0n) is 10.5. The first-order valence-corrected chi connectivity index (χ1v) is 6.77. The molecular weight excluding hydrogens is 234 g/mol. The SMILES string of the molecule is CCCCCCOc1ccc(Cl)cc1CCN. The molecule has 0 saturated carbocycles. The van der Waals surface area contributed by atoms with Gasteiger partial charge in [0.25, 0.3) is 0 Å². The van der Waals surface area contributed by atoms with E-state index in [0.717, 1.165) is 35.8 Å². The zero-order valence-corrected chi connectivity index (χ0v) is 11.3. The van der Waals surface area contributed by atoms with E-state index in [4.69, 9.17) is 22.1 Å². The first kappa shape index (κ1) is 14.3. The Morgan fingerprint density at radius 3 is 2.76 bits per heavy atom. The van der Waals surface area contributed by atoms with Gasteiger partial charge in [-0.05, 0) is 43.1 Å². The van der Waals surface area contributed by atoms with Crippen LogP contribution >= 0.6 is 11.6 Å². The van der Waals surface area contributed by atoms with Crippen LogP contribution in [-0.4, -0.2) is 13.2 Å². The van der Waals surface area contributed by atoms with Crippen molar-refractivity contribution in [3.05, 3.63) is 28.8 Å². The lowest BCUT2D eigenvalue weighted by atomic mass is 10.1. The number of hydrogen-bond acceptors (Lipinski definition) is 2. The Kier molecular flexibility index (Phi) is 7.06. The highest BCUT2D eigenvalue weighted by atomic mass is 35.5. The van der Waals surface area contributed by atoms with Gasteiger partial charge in [-0.25, -0.2) is 0 Å². The number of halogens is 1. The molecule has 0 spiro atoms. The van der Waals surface area contributed by atoms with Crippen molar-refractivity contribution in [3.8, 4) is 5.75 Å². The second-order valence-corrected chi connectivity index (χ2v) is 4.64. The van der Waals surface area contributed by atoms with Gasteiger partial charge in [-0.2, -0.15) is 0 Å². The van der Waals surface area contributed by atoms with E-state index >= 15 is 0 Å². The third kappa shape index (κ3) is 5.42. The van der Waals surface area contributed by atoms with Crippen molar-refractivity contribution in [2.75, 3.05) is 13.2 Å². The predicted octanol–water partition coefficient (Wildman–Crippen LogP) is 3.80. The summed E-state index contributed by atoms with van der Waals surface area (Å²) in [6.45, 7) is 3.60. The molecule has 1 aromatic rings. The summed E-state index contributed by atoms with van der Waals surface area (Å²) in [4.78, 5) is 0. The zero-order chi connectivity index (χ0) is 12.5. The summed E-state index contributed by atoms with van der Waals surface area (Å²) in [5.74, 6) is 0.927. The molecule has 1 rings (SSSR count). The van der Waals surface area contributed by atoms with E-state index in [2.05, 4.69) is 6.92 Å². The number of hydrogen-bond donors (Lipinski definition) is 1. The molecule has 0 heterocycles. The van der Waals surface area contributed by atoms with Gasteiger partial charge in [0.15, 0.2) is 0 Å². The van der Waals surface area contributed by atoms with Crippen LogP contribution in [0.3, 0.4) is 0 Å². The molecule has 0 aliphatic carbocycles. The molecule has 0 atom stereocenters. The molecule has 0 unspecified atom stereocenters. The van der Waals surface area contributed by atoms with Crippen molar-refractivity contribution in [1.29, 1.82) is 0 Å². The summed E-state index contributed by atoms with van der Waals surface area (Å²) in [6, 6.07) is 5.74. The third-order valence-corrected chi connectivity index (χ3v) is 2.93. The molecule has 0 aliphatic rings. The minimum Gasteiger partial charge on any atom is -0.493 e. The minimum absolute atomic E-state index is 0.618. The van der Waals surface area contributed by atoms with Gasteiger partial charge >= 0.3 is 0 Å². The second kappa shape index (κ2) is 8.37. The van der Waals surface area contributed by atoms with E-state index in [1.165, 1.54) is 19.3 Å². The highest BCUT2D eigenvalue weighted by Gasteiger charge is 2.04. The van der Waals surface area contributed by atoms with E-state index in [0.29, 0.717) is 6.54 Å². The van der Waals surface area contributed by atoms with Crippen LogP contribution < -0.4 is 10.5 Å². The Balaban J connectivity index is 2.45. The molecule has 0 saturated heterocycles. The number of ether oxygens (including phenoxy) is 1. The molecule has 0 radical (unpaired) electrons. The molecule has 1 aromatic carbocycles. The van der Waals surface area contributed by atoms with Crippen LogP contribution in [0.1, 0.15) is 38.2 Å². The lowest BCUT2D eigenvalue weighted by molar-refractivity contribution is 0.302. The quantitative estimate of drug-likeness (QED) is 0.717. The van der Waals surface area contributed by atoms with Crippen molar-refractivity contribution in [2.45, 2.75) is 39.0 Å². The van der Waals surface area contributed by atoms with Crippen LogP contribution in [0.5, 0.6) is 5.75 Å². The highest BCUT2D eigenvalue weighted by molar-refractivity contribution is 6.30. The summed E-state index contributed by atoms with van der Waals surface area (Å²) in [7, 11) is 0. The summed E-state index contributed by atoms with van der Waals surface area (Å²) < 4.78 is 5.78. The molecule has 0 amide bonds. The highest BCUT2D eigenvalue weighted by Crippen LogP contribution is 2.23. The van der Waals surface area contributed by atoms with Crippen LogP contribution in [0.15, 0.2) is 18.2 Å². The van der Waals surface area contributed by atoms with E-state index in [1.54, 1.807) is 0 Å². The Hall–Kier alpha value is -0.730. The Labute approximate surface area is 109 Å². The van der Waals surface area contributed by atoms with Crippen molar-refractivity contribution >= 4 is 11.6 Å². The number of benzene rings is 1. The molecule has 0 fully saturated rings. The van der Waals surface area contributed by atoms with Gasteiger partial charge in [0, 0.05) is 5.02 Å². The van der Waals surface area contributed by atoms with Crippen molar-refractivity contribution in [1.82, 2.24) is 0 Å². The van der Waals surface area contributed by atoms with Crippen molar-refractivity contribution < 1.29 is 4.74 Å². The van der Waals surface area contributed by atoms with E-state index in [1.807, 2.05) is 18.2 Å². The van der Waals surface area contributed by atoms with E-state index < -0.39 is 0 Å². The number of unbranched alkanes of at least 4 members (excludes halogenated alkanes) is 3. The Morgan fingerprint density at radius 2 is 2.06 bits per heavy atom. The minimum atomic E-state index is 0.618. The molecule has 2 nitrogen and oxygen atoms in total. The summed E-state index contributed by atoms with van der Waals surface area (Å²) >= 11 is 5.96. The molecule has 3 heteroatoms. The maximum absolute atomic E-state index is 5.96. The van der Waals surface area contributed by atoms with Gasteiger partial charge in [-0.15, -0.1) is 0 Å². The summed E-state index contributed by atoms with van der Waals surface area (Å²) in [6.07, 6.45) is 5.68.